The molecule has 0 bridgehead atoms. The van der Waals surface area contributed by atoms with Crippen LogP contribution in [0.15, 0.2) is 89.7 Å². The first-order valence-corrected chi connectivity index (χ1v) is 13.1. The molecule has 1 amide bonds. The van der Waals surface area contributed by atoms with Gasteiger partial charge in [-0.2, -0.15) is 0 Å². The smallest absolute Gasteiger partial charge is 0.250 e. The second-order valence-corrected chi connectivity index (χ2v) is 9.95. The molecule has 4 aromatic rings. The van der Waals surface area contributed by atoms with Crippen molar-refractivity contribution in [3.05, 3.63) is 101 Å². The molecule has 3 heterocycles. The highest BCUT2D eigenvalue weighted by Crippen LogP contribution is 2.43. The van der Waals surface area contributed by atoms with Gasteiger partial charge in [0.05, 0.1) is 24.5 Å². The van der Waals surface area contributed by atoms with Crippen molar-refractivity contribution in [3.63, 3.8) is 0 Å². The van der Waals surface area contributed by atoms with E-state index in [0.29, 0.717) is 16.5 Å². The highest BCUT2D eigenvalue weighted by Gasteiger charge is 2.42. The lowest BCUT2D eigenvalue weighted by atomic mass is 10.0. The van der Waals surface area contributed by atoms with Crippen LogP contribution in [0, 0.1) is 0 Å². The molecule has 0 unspecified atom stereocenters. The highest BCUT2D eigenvalue weighted by atomic mass is 79.9. The van der Waals surface area contributed by atoms with Gasteiger partial charge in [-0.15, -0.1) is 0 Å². The normalized spacial score (nSPS) is 16.8. The number of benzene rings is 2. The maximum atomic E-state index is 12.3. The summed E-state index contributed by atoms with van der Waals surface area (Å²) < 4.78 is 13.6. The van der Waals surface area contributed by atoms with E-state index in [1.165, 1.54) is 7.11 Å². The maximum absolute atomic E-state index is 12.3. The minimum Gasteiger partial charge on any atom is -0.495 e. The molecular weight excluding hydrogens is 566 g/mol. The number of hydrogen-bond acceptors (Lipinski definition) is 5. The van der Waals surface area contributed by atoms with E-state index < -0.39 is 0 Å². The molecule has 2 N–H and O–H groups in total. The number of nitrogens with one attached hydrogen (secondary N) is 2. The minimum absolute atomic E-state index is 0.0679. The van der Waals surface area contributed by atoms with E-state index >= 15 is 0 Å². The summed E-state index contributed by atoms with van der Waals surface area (Å²) in [5, 5.41) is 6.91. The molecule has 8 nitrogen and oxygen atoms in total. The van der Waals surface area contributed by atoms with Crippen molar-refractivity contribution in [1.82, 2.24) is 14.9 Å². The van der Waals surface area contributed by atoms with Crippen LogP contribution in [0.25, 0.3) is 5.69 Å². The van der Waals surface area contributed by atoms with E-state index in [9.17, 15) is 4.79 Å². The van der Waals surface area contributed by atoms with E-state index in [1.807, 2.05) is 60.8 Å². The molecule has 1 aliphatic rings. The van der Waals surface area contributed by atoms with Crippen molar-refractivity contribution in [2.24, 2.45) is 0 Å². The van der Waals surface area contributed by atoms with Crippen LogP contribution in [-0.2, 0) is 9.53 Å². The molecule has 1 fully saturated rings. The van der Waals surface area contributed by atoms with Gasteiger partial charge in [0.25, 0.3) is 0 Å². The molecule has 2 atom stereocenters. The lowest BCUT2D eigenvalue weighted by Gasteiger charge is -2.29. The Bertz CT molecular complexity index is 1460. The van der Waals surface area contributed by atoms with Crippen LogP contribution in [0.5, 0.6) is 5.75 Å². The number of amides is 1. The maximum Gasteiger partial charge on any atom is 0.250 e. The second kappa shape index (κ2) is 11.3. The van der Waals surface area contributed by atoms with Crippen LogP contribution < -0.4 is 20.3 Å². The van der Waals surface area contributed by atoms with Crippen molar-refractivity contribution < 1.29 is 14.3 Å². The number of methoxy groups -OCH3 is 2. The van der Waals surface area contributed by atoms with Crippen LogP contribution in [-0.4, -0.2) is 41.4 Å². The van der Waals surface area contributed by atoms with E-state index in [-0.39, 0.29) is 24.6 Å². The van der Waals surface area contributed by atoms with Crippen LogP contribution in [0.2, 0.25) is 0 Å². The number of rotatable bonds is 8. The first-order chi connectivity index (χ1) is 18.5. The molecule has 5 rings (SSSR count). The molecule has 1 saturated heterocycles. The lowest BCUT2D eigenvalue weighted by Crippen LogP contribution is -2.30. The molecule has 2 aromatic carbocycles. The number of nitrogens with zero attached hydrogens (tertiary/aromatic N) is 3. The molecule has 0 saturated carbocycles. The molecule has 194 valence electrons. The Balaban J connectivity index is 1.63. The number of pyridine rings is 1. The van der Waals surface area contributed by atoms with Gasteiger partial charge in [0.15, 0.2) is 5.11 Å². The Morgan fingerprint density at radius 2 is 1.95 bits per heavy atom. The molecule has 0 spiro atoms. The summed E-state index contributed by atoms with van der Waals surface area (Å²) >= 11 is 9.49. The number of hydrogen-bond donors (Lipinski definition) is 2. The van der Waals surface area contributed by atoms with E-state index in [0.717, 1.165) is 27.2 Å². The quantitative estimate of drug-likeness (QED) is 0.265. The van der Waals surface area contributed by atoms with E-state index in [1.54, 1.807) is 13.3 Å². The van der Waals surface area contributed by atoms with Gasteiger partial charge in [-0.1, -0.05) is 28.1 Å². The fourth-order valence-electron chi connectivity index (χ4n) is 4.69. The van der Waals surface area contributed by atoms with Crippen LogP contribution in [0.1, 0.15) is 23.5 Å². The fourth-order valence-corrected chi connectivity index (χ4v) is 5.42. The van der Waals surface area contributed by atoms with Crippen molar-refractivity contribution in [2.75, 3.05) is 31.0 Å². The highest BCUT2D eigenvalue weighted by molar-refractivity contribution is 9.10. The molecule has 2 aromatic heterocycles. The number of halogens is 1. The largest absolute Gasteiger partial charge is 0.495 e. The van der Waals surface area contributed by atoms with E-state index in [2.05, 4.69) is 59.2 Å². The number of anilines is 2. The van der Waals surface area contributed by atoms with Gasteiger partial charge in [-0.3, -0.25) is 9.78 Å². The Hall–Kier alpha value is -3.73. The summed E-state index contributed by atoms with van der Waals surface area (Å²) in [5.74, 6) is 0.253. The molecule has 38 heavy (non-hydrogen) atoms. The van der Waals surface area contributed by atoms with Gasteiger partial charge >= 0.3 is 0 Å². The molecular formula is C28H26BrN5O3S. The summed E-state index contributed by atoms with van der Waals surface area (Å²) in [4.78, 5) is 19.0. The molecule has 10 heteroatoms. The van der Waals surface area contributed by atoms with Crippen molar-refractivity contribution in [3.8, 4) is 11.4 Å². The average molecular weight is 593 g/mol. The number of ether oxygens (including phenoxy) is 2. The summed E-state index contributed by atoms with van der Waals surface area (Å²) in [5.41, 5.74) is 4.22. The van der Waals surface area contributed by atoms with Gasteiger partial charge in [0, 0.05) is 41.0 Å². The molecule has 1 aliphatic heterocycles. The SMILES string of the molecule is COCC(=O)Nc1cc(N2C(=S)N[C@@H](c3ccccn3)[C@@H]2c2cccn2-c2cccc(Br)c2)ccc1OC. The fraction of sp³-hybridized carbons (Fsp3) is 0.179. The Kier molecular flexibility index (Phi) is 7.73. The lowest BCUT2D eigenvalue weighted by molar-refractivity contribution is -0.119. The third-order valence-corrected chi connectivity index (χ3v) is 7.09. The van der Waals surface area contributed by atoms with Gasteiger partial charge in [-0.25, -0.2) is 0 Å². The van der Waals surface area contributed by atoms with Crippen molar-refractivity contribution in [1.29, 1.82) is 0 Å². The average Bonchev–Trinajstić information content (AvgIpc) is 3.53. The number of carbonyl (C=O) groups is 1. The first-order valence-electron chi connectivity index (χ1n) is 11.9. The minimum atomic E-state index is -0.281. The number of carbonyl (C=O) groups excluding carboxylic acids is 1. The molecule has 0 aliphatic carbocycles. The predicted molar refractivity (Wildman–Crippen MR) is 155 cm³/mol. The number of aromatic nitrogens is 2. The molecule has 0 radical (unpaired) electrons. The van der Waals surface area contributed by atoms with Crippen LogP contribution in [0.3, 0.4) is 0 Å². The Morgan fingerprint density at radius 3 is 2.68 bits per heavy atom. The third kappa shape index (κ3) is 5.15. The van der Waals surface area contributed by atoms with Crippen molar-refractivity contribution in [2.45, 2.75) is 12.1 Å². The topological polar surface area (TPSA) is 80.7 Å². The summed E-state index contributed by atoms with van der Waals surface area (Å²) in [6.07, 6.45) is 3.82. The van der Waals surface area contributed by atoms with Crippen LogP contribution >= 0.6 is 28.1 Å². The third-order valence-electron chi connectivity index (χ3n) is 6.28. The van der Waals surface area contributed by atoms with Crippen molar-refractivity contribution >= 4 is 50.5 Å². The van der Waals surface area contributed by atoms with E-state index in [4.69, 9.17) is 21.7 Å². The first kappa shape index (κ1) is 25.9. The zero-order valence-electron chi connectivity index (χ0n) is 20.8. The summed E-state index contributed by atoms with van der Waals surface area (Å²) in [6, 6.07) is 23.2. The Labute approximate surface area is 234 Å². The zero-order chi connectivity index (χ0) is 26.6. The second-order valence-electron chi connectivity index (χ2n) is 8.65. The monoisotopic (exact) mass is 591 g/mol. The van der Waals surface area contributed by atoms with Gasteiger partial charge in [0.2, 0.25) is 5.91 Å². The van der Waals surface area contributed by atoms with Gasteiger partial charge < -0.3 is 29.6 Å². The zero-order valence-corrected chi connectivity index (χ0v) is 23.2. The summed E-state index contributed by atoms with van der Waals surface area (Å²) in [7, 11) is 3.04. The number of thiocarbonyl (C=S) groups is 1. The predicted octanol–water partition coefficient (Wildman–Crippen LogP) is 5.41. The standard InChI is InChI=1S/C28H26BrN5O3S/c1-36-17-25(35)31-22-16-20(11-12-24(22)37-2)34-27(26(32-28(34)38)21-9-3-4-13-30-21)23-10-6-14-33(23)19-8-5-7-18(29)15-19/h3-16,26-27H,17H2,1-2H3,(H,31,35)(H,32,38)/t26-,27-/m0/s1. The summed E-state index contributed by atoms with van der Waals surface area (Å²) in [6.45, 7) is -0.0679. The van der Waals surface area contributed by atoms with Crippen LogP contribution in [0.4, 0.5) is 11.4 Å². The Morgan fingerprint density at radius 1 is 1.08 bits per heavy atom. The van der Waals surface area contributed by atoms with Gasteiger partial charge in [0.1, 0.15) is 18.4 Å². The van der Waals surface area contributed by atoms with Gasteiger partial charge in [-0.05, 0) is 72.9 Å².